The van der Waals surface area contributed by atoms with Crippen LogP contribution in [0.2, 0.25) is 5.02 Å². The molecule has 1 aromatic carbocycles. The van der Waals surface area contributed by atoms with E-state index in [1.54, 1.807) is 0 Å². The van der Waals surface area contributed by atoms with Crippen LogP contribution in [0.1, 0.15) is 11.6 Å². The van der Waals surface area contributed by atoms with E-state index in [1.165, 1.54) is 0 Å². The van der Waals surface area contributed by atoms with Gasteiger partial charge in [0.2, 0.25) is 0 Å². The van der Waals surface area contributed by atoms with E-state index in [9.17, 15) is 0 Å². The number of nitrogens with zero attached hydrogens (tertiary/aromatic N) is 6. The van der Waals surface area contributed by atoms with E-state index >= 15 is 0 Å². The second-order valence-corrected chi connectivity index (χ2v) is 6.86. The Kier molecular flexibility index (Phi) is 6.34. The van der Waals surface area contributed by atoms with Gasteiger partial charge in [0.15, 0.2) is 11.8 Å². The topological polar surface area (TPSA) is 61.6 Å². The molecular weight excluding hydrogens is 362 g/mol. The SMILES string of the molecule is C=CCNC(=NCc1nnc(C)n1C)N1CCN(c2ccccc2Cl)CC1. The molecule has 0 radical (unpaired) electrons. The first-order valence-corrected chi connectivity index (χ1v) is 9.46. The van der Waals surface area contributed by atoms with E-state index < -0.39 is 0 Å². The van der Waals surface area contributed by atoms with Gasteiger partial charge in [0.25, 0.3) is 0 Å². The average Bonchev–Trinajstić information content (AvgIpc) is 3.01. The molecule has 1 N–H and O–H groups in total. The second kappa shape index (κ2) is 8.90. The van der Waals surface area contributed by atoms with Crippen LogP contribution < -0.4 is 10.2 Å². The molecule has 27 heavy (non-hydrogen) atoms. The van der Waals surface area contributed by atoms with Crippen LogP contribution in [0.25, 0.3) is 0 Å². The third-order valence-electron chi connectivity index (χ3n) is 4.73. The number of benzene rings is 1. The van der Waals surface area contributed by atoms with Gasteiger partial charge in [-0.1, -0.05) is 29.8 Å². The lowest BCUT2D eigenvalue weighted by Gasteiger charge is -2.38. The molecule has 0 bridgehead atoms. The average molecular weight is 388 g/mol. The molecular formula is C19H26ClN7. The number of hydrogen-bond acceptors (Lipinski definition) is 4. The molecule has 2 heterocycles. The number of anilines is 1. The molecule has 0 spiro atoms. The highest BCUT2D eigenvalue weighted by Crippen LogP contribution is 2.26. The minimum atomic E-state index is 0.488. The molecule has 0 amide bonds. The normalized spacial score (nSPS) is 15.1. The van der Waals surface area contributed by atoms with Gasteiger partial charge in [0.05, 0.1) is 10.7 Å². The number of halogens is 1. The highest BCUT2D eigenvalue weighted by Gasteiger charge is 2.21. The predicted octanol–water partition coefficient (Wildman–Crippen LogP) is 2.23. The Morgan fingerprint density at radius 3 is 2.63 bits per heavy atom. The second-order valence-electron chi connectivity index (χ2n) is 6.46. The van der Waals surface area contributed by atoms with Crippen molar-refractivity contribution in [1.29, 1.82) is 0 Å². The third kappa shape index (κ3) is 4.60. The molecule has 144 valence electrons. The number of para-hydroxylation sites is 1. The molecule has 2 aromatic rings. The van der Waals surface area contributed by atoms with E-state index in [-0.39, 0.29) is 0 Å². The van der Waals surface area contributed by atoms with Crippen molar-refractivity contribution < 1.29 is 0 Å². The van der Waals surface area contributed by atoms with Gasteiger partial charge in [-0.2, -0.15) is 0 Å². The molecule has 0 aliphatic carbocycles. The summed E-state index contributed by atoms with van der Waals surface area (Å²) in [4.78, 5) is 9.34. The number of nitrogens with one attached hydrogen (secondary N) is 1. The fourth-order valence-corrected chi connectivity index (χ4v) is 3.29. The van der Waals surface area contributed by atoms with E-state index in [4.69, 9.17) is 16.6 Å². The minimum Gasteiger partial charge on any atom is -0.367 e. The Morgan fingerprint density at radius 1 is 1.26 bits per heavy atom. The molecule has 0 unspecified atom stereocenters. The first-order chi connectivity index (χ1) is 13.1. The van der Waals surface area contributed by atoms with E-state index in [0.29, 0.717) is 13.1 Å². The fourth-order valence-electron chi connectivity index (χ4n) is 3.03. The Balaban J connectivity index is 1.67. The lowest BCUT2D eigenvalue weighted by atomic mass is 10.2. The van der Waals surface area contributed by atoms with Crippen molar-refractivity contribution in [2.45, 2.75) is 13.5 Å². The summed E-state index contributed by atoms with van der Waals surface area (Å²) < 4.78 is 1.96. The molecule has 3 rings (SSSR count). The van der Waals surface area contributed by atoms with Crippen LogP contribution >= 0.6 is 11.6 Å². The molecule has 1 aliphatic rings. The van der Waals surface area contributed by atoms with Crippen LogP contribution in [-0.2, 0) is 13.6 Å². The van der Waals surface area contributed by atoms with Crippen LogP contribution in [0, 0.1) is 6.92 Å². The van der Waals surface area contributed by atoms with Gasteiger partial charge in [0.1, 0.15) is 12.4 Å². The fraction of sp³-hybridized carbons (Fsp3) is 0.421. The van der Waals surface area contributed by atoms with Gasteiger partial charge in [-0.3, -0.25) is 0 Å². The monoisotopic (exact) mass is 387 g/mol. The minimum absolute atomic E-state index is 0.488. The lowest BCUT2D eigenvalue weighted by molar-refractivity contribution is 0.373. The molecule has 1 aliphatic heterocycles. The van der Waals surface area contributed by atoms with Gasteiger partial charge in [-0.05, 0) is 19.1 Å². The number of aliphatic imine (C=N–C) groups is 1. The summed E-state index contributed by atoms with van der Waals surface area (Å²) in [6.45, 7) is 10.4. The Hall–Kier alpha value is -2.54. The van der Waals surface area contributed by atoms with Crippen LogP contribution in [0.15, 0.2) is 41.9 Å². The van der Waals surface area contributed by atoms with Crippen molar-refractivity contribution >= 4 is 23.2 Å². The summed E-state index contributed by atoms with van der Waals surface area (Å²) in [6.07, 6.45) is 1.84. The van der Waals surface area contributed by atoms with E-state index in [2.05, 4.69) is 38.0 Å². The molecule has 0 atom stereocenters. The molecule has 7 nitrogen and oxygen atoms in total. The van der Waals surface area contributed by atoms with Gasteiger partial charge in [-0.15, -0.1) is 16.8 Å². The largest absolute Gasteiger partial charge is 0.367 e. The Morgan fingerprint density at radius 2 is 2.00 bits per heavy atom. The summed E-state index contributed by atoms with van der Waals surface area (Å²) in [5.41, 5.74) is 1.09. The zero-order valence-electron chi connectivity index (χ0n) is 15.9. The van der Waals surface area contributed by atoms with Gasteiger partial charge < -0.3 is 19.7 Å². The van der Waals surface area contributed by atoms with Gasteiger partial charge in [-0.25, -0.2) is 4.99 Å². The summed E-state index contributed by atoms with van der Waals surface area (Å²) >= 11 is 6.34. The highest BCUT2D eigenvalue weighted by molar-refractivity contribution is 6.33. The van der Waals surface area contributed by atoms with Crippen molar-refractivity contribution in [1.82, 2.24) is 25.0 Å². The Bertz CT molecular complexity index is 806. The standard InChI is InChI=1S/C19H26ClN7/c1-4-9-21-19(22-14-18-24-23-15(2)25(18)3)27-12-10-26(11-13-27)17-8-6-5-7-16(17)20/h4-8H,1,9-14H2,2-3H3,(H,21,22). The quantitative estimate of drug-likeness (QED) is 0.484. The number of rotatable bonds is 5. The number of aryl methyl sites for hydroxylation is 1. The van der Waals surface area contributed by atoms with Crippen molar-refractivity contribution in [3.05, 3.63) is 53.6 Å². The molecule has 0 saturated carbocycles. The molecule has 8 heteroatoms. The summed E-state index contributed by atoms with van der Waals surface area (Å²) in [5, 5.41) is 12.4. The van der Waals surface area contributed by atoms with Crippen molar-refractivity contribution in [3.8, 4) is 0 Å². The lowest BCUT2D eigenvalue weighted by Crippen LogP contribution is -2.52. The highest BCUT2D eigenvalue weighted by atomic mass is 35.5. The van der Waals surface area contributed by atoms with Crippen molar-refractivity contribution in [2.24, 2.45) is 12.0 Å². The summed E-state index contributed by atoms with van der Waals surface area (Å²) in [7, 11) is 1.96. The zero-order chi connectivity index (χ0) is 19.2. The molecule has 1 saturated heterocycles. The van der Waals surface area contributed by atoms with Gasteiger partial charge in [0, 0.05) is 39.8 Å². The number of guanidine groups is 1. The van der Waals surface area contributed by atoms with Crippen molar-refractivity contribution in [3.63, 3.8) is 0 Å². The molecule has 1 aromatic heterocycles. The zero-order valence-corrected chi connectivity index (χ0v) is 16.7. The van der Waals surface area contributed by atoms with Crippen LogP contribution in [0.3, 0.4) is 0 Å². The van der Waals surface area contributed by atoms with Crippen molar-refractivity contribution in [2.75, 3.05) is 37.6 Å². The maximum absolute atomic E-state index is 6.34. The predicted molar refractivity (Wildman–Crippen MR) is 110 cm³/mol. The van der Waals surface area contributed by atoms with E-state index in [1.807, 2.05) is 42.8 Å². The maximum atomic E-state index is 6.34. The van der Waals surface area contributed by atoms with Gasteiger partial charge >= 0.3 is 0 Å². The summed E-state index contributed by atoms with van der Waals surface area (Å²) in [6, 6.07) is 7.99. The summed E-state index contributed by atoms with van der Waals surface area (Å²) in [5.74, 6) is 2.60. The number of hydrogen-bond donors (Lipinski definition) is 1. The number of aromatic nitrogens is 3. The molecule has 1 fully saturated rings. The first-order valence-electron chi connectivity index (χ1n) is 9.08. The third-order valence-corrected chi connectivity index (χ3v) is 5.05. The number of piperazine rings is 1. The Labute approximate surface area is 165 Å². The van der Waals surface area contributed by atoms with Crippen LogP contribution in [0.5, 0.6) is 0 Å². The first kappa shape index (κ1) is 19.2. The van der Waals surface area contributed by atoms with Crippen LogP contribution in [0.4, 0.5) is 5.69 Å². The smallest absolute Gasteiger partial charge is 0.194 e. The maximum Gasteiger partial charge on any atom is 0.194 e. The van der Waals surface area contributed by atoms with E-state index in [0.717, 1.165) is 54.5 Å². The van der Waals surface area contributed by atoms with Crippen LogP contribution in [-0.4, -0.2) is 58.3 Å².